The van der Waals surface area contributed by atoms with Crippen molar-refractivity contribution in [2.45, 2.75) is 52.3 Å². The predicted molar refractivity (Wildman–Crippen MR) is 143 cm³/mol. The molecule has 1 saturated heterocycles. The SMILES string of the molecule is CC(C)[C@H](NC(=O)OC(C)(C)C)C(=O)N1CCN(c2ccc(Cl)cc2Cl)[C@H](c2ccc(Cl)cc2)C1. The zero-order chi connectivity index (χ0) is 25.9. The van der Waals surface area contributed by atoms with Crippen LogP contribution in [-0.2, 0) is 9.53 Å². The second-order valence-corrected chi connectivity index (χ2v) is 11.3. The maximum absolute atomic E-state index is 13.6. The van der Waals surface area contributed by atoms with Crippen LogP contribution in [0, 0.1) is 5.92 Å². The fourth-order valence-corrected chi connectivity index (χ4v) is 4.74. The van der Waals surface area contributed by atoms with E-state index in [1.54, 1.807) is 37.8 Å². The molecule has 3 rings (SSSR count). The molecule has 0 aromatic heterocycles. The van der Waals surface area contributed by atoms with Gasteiger partial charge < -0.3 is 19.9 Å². The highest BCUT2D eigenvalue weighted by Crippen LogP contribution is 2.37. The molecule has 0 spiro atoms. The molecule has 1 fully saturated rings. The van der Waals surface area contributed by atoms with Crippen molar-refractivity contribution in [3.63, 3.8) is 0 Å². The fourth-order valence-electron chi connectivity index (χ4n) is 4.10. The number of piperazine rings is 1. The van der Waals surface area contributed by atoms with Gasteiger partial charge >= 0.3 is 6.09 Å². The van der Waals surface area contributed by atoms with Crippen LogP contribution in [0.25, 0.3) is 0 Å². The zero-order valence-corrected chi connectivity index (χ0v) is 22.9. The van der Waals surface area contributed by atoms with Crippen LogP contribution in [-0.4, -0.2) is 48.2 Å². The van der Waals surface area contributed by atoms with Gasteiger partial charge in [0.1, 0.15) is 11.6 Å². The van der Waals surface area contributed by atoms with E-state index >= 15 is 0 Å². The topological polar surface area (TPSA) is 61.9 Å². The summed E-state index contributed by atoms with van der Waals surface area (Å²) in [4.78, 5) is 30.0. The third-order valence-electron chi connectivity index (χ3n) is 5.77. The van der Waals surface area contributed by atoms with E-state index < -0.39 is 17.7 Å². The van der Waals surface area contributed by atoms with Gasteiger partial charge in [0, 0.05) is 29.7 Å². The number of anilines is 1. The molecule has 0 radical (unpaired) electrons. The fraction of sp³-hybridized carbons (Fsp3) is 0.462. The highest BCUT2D eigenvalue weighted by Gasteiger charge is 2.36. The van der Waals surface area contributed by atoms with Gasteiger partial charge in [-0.1, -0.05) is 60.8 Å². The Morgan fingerprint density at radius 1 is 1.00 bits per heavy atom. The number of carbonyl (C=O) groups excluding carboxylic acids is 2. The van der Waals surface area contributed by atoms with Gasteiger partial charge in [0.05, 0.1) is 16.8 Å². The van der Waals surface area contributed by atoms with Gasteiger partial charge in [-0.2, -0.15) is 0 Å². The van der Waals surface area contributed by atoms with E-state index in [9.17, 15) is 9.59 Å². The summed E-state index contributed by atoms with van der Waals surface area (Å²) in [6.45, 7) is 10.6. The lowest BCUT2D eigenvalue weighted by atomic mass is 9.98. The van der Waals surface area contributed by atoms with Crippen LogP contribution >= 0.6 is 34.8 Å². The maximum atomic E-state index is 13.6. The van der Waals surface area contributed by atoms with Crippen LogP contribution < -0.4 is 10.2 Å². The van der Waals surface area contributed by atoms with Crippen molar-refractivity contribution in [1.82, 2.24) is 10.2 Å². The van der Waals surface area contributed by atoms with Crippen LogP contribution in [0.4, 0.5) is 10.5 Å². The van der Waals surface area contributed by atoms with Crippen LogP contribution in [0.2, 0.25) is 15.1 Å². The van der Waals surface area contributed by atoms with Gasteiger partial charge in [-0.25, -0.2) is 4.79 Å². The summed E-state index contributed by atoms with van der Waals surface area (Å²) in [6, 6.07) is 12.1. The molecule has 2 amide bonds. The molecule has 1 heterocycles. The van der Waals surface area contributed by atoms with Crippen LogP contribution in [0.5, 0.6) is 0 Å². The molecule has 9 heteroatoms. The molecule has 0 unspecified atom stereocenters. The summed E-state index contributed by atoms with van der Waals surface area (Å²) in [6.07, 6.45) is -0.606. The molecule has 6 nitrogen and oxygen atoms in total. The number of hydrogen-bond donors (Lipinski definition) is 1. The number of amides is 2. The van der Waals surface area contributed by atoms with Crippen LogP contribution in [0.1, 0.15) is 46.2 Å². The van der Waals surface area contributed by atoms with Crippen LogP contribution in [0.3, 0.4) is 0 Å². The van der Waals surface area contributed by atoms with Crippen molar-refractivity contribution in [2.24, 2.45) is 5.92 Å². The van der Waals surface area contributed by atoms with Crippen molar-refractivity contribution in [1.29, 1.82) is 0 Å². The molecule has 1 aliphatic heterocycles. The van der Waals surface area contributed by atoms with E-state index in [4.69, 9.17) is 39.5 Å². The van der Waals surface area contributed by atoms with Gasteiger partial charge in [-0.15, -0.1) is 0 Å². The molecule has 0 saturated carbocycles. The number of benzene rings is 2. The minimum atomic E-state index is -0.707. The molecule has 2 aromatic carbocycles. The quantitative estimate of drug-likeness (QED) is 0.465. The summed E-state index contributed by atoms with van der Waals surface area (Å²) in [5, 5.41) is 4.51. The number of carbonyl (C=O) groups is 2. The largest absolute Gasteiger partial charge is 0.444 e. The summed E-state index contributed by atoms with van der Waals surface area (Å²) in [5.74, 6) is -0.264. The first-order chi connectivity index (χ1) is 16.4. The van der Waals surface area contributed by atoms with Gasteiger partial charge in [0.25, 0.3) is 0 Å². The van der Waals surface area contributed by atoms with Gasteiger partial charge in [-0.05, 0) is 62.6 Å². The van der Waals surface area contributed by atoms with E-state index in [1.165, 1.54) is 0 Å². The van der Waals surface area contributed by atoms with Gasteiger partial charge in [0.15, 0.2) is 0 Å². The minimum Gasteiger partial charge on any atom is -0.444 e. The van der Waals surface area contributed by atoms with Gasteiger partial charge in [-0.3, -0.25) is 4.79 Å². The lowest BCUT2D eigenvalue weighted by molar-refractivity contribution is -0.135. The molecule has 2 aromatic rings. The van der Waals surface area contributed by atoms with E-state index in [-0.39, 0.29) is 17.9 Å². The number of nitrogens with one attached hydrogen (secondary N) is 1. The molecule has 1 aliphatic rings. The third-order valence-corrected chi connectivity index (χ3v) is 6.56. The summed E-state index contributed by atoms with van der Waals surface area (Å²) >= 11 is 18.8. The average Bonchev–Trinajstić information content (AvgIpc) is 2.76. The number of alkyl carbamates (subject to hydrolysis) is 1. The Morgan fingerprint density at radius 3 is 2.20 bits per heavy atom. The normalized spacial score (nSPS) is 17.3. The summed E-state index contributed by atoms with van der Waals surface area (Å²) in [7, 11) is 0. The van der Waals surface area contributed by atoms with Crippen molar-refractivity contribution in [2.75, 3.05) is 24.5 Å². The first-order valence-corrected chi connectivity index (χ1v) is 12.7. The second-order valence-electron chi connectivity index (χ2n) is 10.0. The lowest BCUT2D eigenvalue weighted by Crippen LogP contribution is -2.57. The molecule has 2 atom stereocenters. The molecule has 0 aliphatic carbocycles. The van der Waals surface area contributed by atoms with Crippen molar-refractivity contribution >= 4 is 52.5 Å². The number of hydrogen-bond acceptors (Lipinski definition) is 4. The van der Waals surface area contributed by atoms with E-state index in [2.05, 4.69) is 10.2 Å². The molecular weight excluding hydrogens is 509 g/mol. The van der Waals surface area contributed by atoms with Gasteiger partial charge in [0.2, 0.25) is 5.91 Å². The third kappa shape index (κ3) is 7.18. The minimum absolute atomic E-state index is 0.118. The summed E-state index contributed by atoms with van der Waals surface area (Å²) < 4.78 is 5.39. The van der Waals surface area contributed by atoms with Crippen molar-refractivity contribution in [3.8, 4) is 0 Å². The maximum Gasteiger partial charge on any atom is 0.408 e. The lowest BCUT2D eigenvalue weighted by Gasteiger charge is -2.44. The zero-order valence-electron chi connectivity index (χ0n) is 20.6. The van der Waals surface area contributed by atoms with E-state index in [1.807, 2.05) is 44.2 Å². The molecular formula is C26H32Cl3N3O3. The first kappa shape index (κ1) is 27.4. The molecule has 1 N–H and O–H groups in total. The number of halogens is 3. The number of nitrogens with zero attached hydrogens (tertiary/aromatic N) is 2. The Labute approximate surface area is 222 Å². The first-order valence-electron chi connectivity index (χ1n) is 11.6. The smallest absolute Gasteiger partial charge is 0.408 e. The molecule has 190 valence electrons. The Bertz CT molecular complexity index is 1050. The van der Waals surface area contributed by atoms with Crippen molar-refractivity contribution in [3.05, 3.63) is 63.1 Å². The monoisotopic (exact) mass is 539 g/mol. The second kappa shape index (κ2) is 11.3. The number of ether oxygens (including phenoxy) is 1. The van der Waals surface area contributed by atoms with E-state index in [0.717, 1.165) is 11.3 Å². The predicted octanol–water partition coefficient (Wildman–Crippen LogP) is 6.59. The Morgan fingerprint density at radius 2 is 1.63 bits per heavy atom. The highest BCUT2D eigenvalue weighted by atomic mass is 35.5. The van der Waals surface area contributed by atoms with Crippen molar-refractivity contribution < 1.29 is 14.3 Å². The van der Waals surface area contributed by atoms with Crippen LogP contribution in [0.15, 0.2) is 42.5 Å². The number of rotatable bonds is 5. The van der Waals surface area contributed by atoms with E-state index in [0.29, 0.717) is 34.7 Å². The summed E-state index contributed by atoms with van der Waals surface area (Å²) in [5.41, 5.74) is 1.19. The highest BCUT2D eigenvalue weighted by molar-refractivity contribution is 6.36. The average molecular weight is 541 g/mol. The molecule has 35 heavy (non-hydrogen) atoms. The molecule has 0 bridgehead atoms. The Kier molecular flexibility index (Phi) is 8.84. The Hall–Kier alpha value is -2.15. The Balaban J connectivity index is 1.87. The standard InChI is InChI=1S/C26H32Cl3N3O3/c1-16(2)23(30-25(34)35-26(3,4)5)24(33)31-12-13-32(21-11-10-19(28)14-20(21)29)22(15-31)17-6-8-18(27)9-7-17/h6-11,14,16,22-23H,12-13,15H2,1-5H3,(H,30,34)/t22-,23-/m0/s1.